The van der Waals surface area contributed by atoms with Crippen molar-refractivity contribution in [2.24, 2.45) is 5.92 Å². The lowest BCUT2D eigenvalue weighted by atomic mass is 9.98. The van der Waals surface area contributed by atoms with Crippen LogP contribution in [0.2, 0.25) is 0 Å². The maximum atomic E-state index is 12.2. The summed E-state index contributed by atoms with van der Waals surface area (Å²) in [6.45, 7) is 2.76. The summed E-state index contributed by atoms with van der Waals surface area (Å²) >= 11 is 0. The van der Waals surface area contributed by atoms with Gasteiger partial charge in [0.1, 0.15) is 4.92 Å². The Morgan fingerprint density at radius 3 is 2.90 bits per heavy atom. The first kappa shape index (κ1) is 15.0. The van der Waals surface area contributed by atoms with Gasteiger partial charge in [0.2, 0.25) is 0 Å². The zero-order valence-corrected chi connectivity index (χ0v) is 11.6. The average molecular weight is 296 g/mol. The summed E-state index contributed by atoms with van der Waals surface area (Å²) in [6, 6.07) is 2.41. The number of likely N-dealkylation sites (tertiary alicyclic amines) is 1. The molecule has 1 saturated heterocycles. The van der Waals surface area contributed by atoms with Gasteiger partial charge >= 0.3 is 11.9 Å². The van der Waals surface area contributed by atoms with E-state index in [4.69, 9.17) is 9.15 Å². The molecule has 0 bridgehead atoms. The highest BCUT2D eigenvalue weighted by Gasteiger charge is 2.31. The van der Waals surface area contributed by atoms with E-state index < -0.39 is 16.7 Å². The minimum Gasteiger partial charge on any atom is -0.466 e. The van der Waals surface area contributed by atoms with Crippen LogP contribution in [0.1, 0.15) is 30.3 Å². The van der Waals surface area contributed by atoms with Crippen molar-refractivity contribution in [3.63, 3.8) is 0 Å². The third-order valence-corrected chi connectivity index (χ3v) is 3.31. The smallest absolute Gasteiger partial charge is 0.433 e. The molecular formula is C13H16N2O6. The van der Waals surface area contributed by atoms with Crippen molar-refractivity contribution in [1.82, 2.24) is 4.90 Å². The first-order valence-electron chi connectivity index (χ1n) is 6.73. The van der Waals surface area contributed by atoms with Gasteiger partial charge < -0.3 is 14.1 Å². The van der Waals surface area contributed by atoms with Crippen molar-refractivity contribution in [3.05, 3.63) is 28.0 Å². The van der Waals surface area contributed by atoms with Crippen LogP contribution < -0.4 is 0 Å². The zero-order chi connectivity index (χ0) is 15.4. The minimum absolute atomic E-state index is 0.0915. The molecule has 1 aromatic heterocycles. The van der Waals surface area contributed by atoms with E-state index in [0.29, 0.717) is 26.0 Å². The molecule has 8 heteroatoms. The van der Waals surface area contributed by atoms with Gasteiger partial charge in [-0.15, -0.1) is 0 Å². The summed E-state index contributed by atoms with van der Waals surface area (Å²) < 4.78 is 9.86. The molecule has 1 aliphatic rings. The van der Waals surface area contributed by atoms with Gasteiger partial charge in [-0.2, -0.15) is 0 Å². The molecule has 1 fully saturated rings. The van der Waals surface area contributed by atoms with Crippen LogP contribution >= 0.6 is 0 Å². The van der Waals surface area contributed by atoms with Crippen LogP contribution in [0, 0.1) is 16.0 Å². The Bertz CT molecular complexity index is 553. The second-order valence-electron chi connectivity index (χ2n) is 4.74. The molecule has 2 heterocycles. The predicted octanol–water partition coefficient (Wildman–Crippen LogP) is 1.60. The Kier molecular flexibility index (Phi) is 4.56. The molecule has 0 spiro atoms. The Balaban J connectivity index is 2.04. The molecule has 8 nitrogen and oxygen atoms in total. The van der Waals surface area contributed by atoms with E-state index in [1.165, 1.54) is 11.0 Å². The predicted molar refractivity (Wildman–Crippen MR) is 70.6 cm³/mol. The molecule has 0 aliphatic carbocycles. The Labute approximate surface area is 120 Å². The highest BCUT2D eigenvalue weighted by atomic mass is 16.6. The molecule has 1 aliphatic heterocycles. The number of hydrogen-bond donors (Lipinski definition) is 0. The lowest BCUT2D eigenvalue weighted by molar-refractivity contribution is -0.402. The fraction of sp³-hybridized carbons (Fsp3) is 0.538. The molecule has 0 unspecified atom stereocenters. The molecular weight excluding hydrogens is 280 g/mol. The molecule has 0 radical (unpaired) electrons. The van der Waals surface area contributed by atoms with Gasteiger partial charge in [0.15, 0.2) is 5.76 Å². The number of ether oxygens (including phenoxy) is 1. The van der Waals surface area contributed by atoms with Gasteiger partial charge in [0, 0.05) is 13.1 Å². The molecule has 114 valence electrons. The second-order valence-corrected chi connectivity index (χ2v) is 4.74. The molecule has 21 heavy (non-hydrogen) atoms. The molecule has 2 rings (SSSR count). The maximum absolute atomic E-state index is 12.2. The third kappa shape index (κ3) is 3.39. The van der Waals surface area contributed by atoms with Crippen molar-refractivity contribution in [1.29, 1.82) is 0 Å². The number of nitrogens with zero attached hydrogens (tertiary/aromatic N) is 2. The lowest BCUT2D eigenvalue weighted by Gasteiger charge is -2.30. The number of rotatable bonds is 4. The van der Waals surface area contributed by atoms with Gasteiger partial charge in [-0.1, -0.05) is 0 Å². The van der Waals surface area contributed by atoms with Crippen LogP contribution in [0.25, 0.3) is 0 Å². The van der Waals surface area contributed by atoms with Crippen molar-refractivity contribution >= 4 is 17.8 Å². The average Bonchev–Trinajstić information content (AvgIpc) is 2.97. The molecule has 0 saturated carbocycles. The quantitative estimate of drug-likeness (QED) is 0.475. The van der Waals surface area contributed by atoms with Crippen molar-refractivity contribution in [2.75, 3.05) is 19.7 Å². The van der Waals surface area contributed by atoms with Gasteiger partial charge in [0.25, 0.3) is 5.91 Å². The monoisotopic (exact) mass is 296 g/mol. The number of piperidine rings is 1. The summed E-state index contributed by atoms with van der Waals surface area (Å²) in [6.07, 6.45) is 1.35. The Morgan fingerprint density at radius 2 is 2.29 bits per heavy atom. The summed E-state index contributed by atoms with van der Waals surface area (Å²) in [4.78, 5) is 35.3. The zero-order valence-electron chi connectivity index (χ0n) is 11.6. The normalized spacial score (nSPS) is 18.3. The van der Waals surface area contributed by atoms with E-state index >= 15 is 0 Å². The van der Waals surface area contributed by atoms with Crippen LogP contribution in [-0.4, -0.2) is 41.4 Å². The van der Waals surface area contributed by atoms with Gasteiger partial charge in [-0.3, -0.25) is 19.7 Å². The Hall–Kier alpha value is -2.38. The van der Waals surface area contributed by atoms with Crippen LogP contribution in [0.4, 0.5) is 5.88 Å². The number of esters is 1. The van der Waals surface area contributed by atoms with E-state index in [0.717, 1.165) is 6.07 Å². The topological polar surface area (TPSA) is 103 Å². The highest BCUT2D eigenvalue weighted by Crippen LogP contribution is 2.22. The number of amides is 1. The standard InChI is InChI=1S/C13H16N2O6/c1-2-20-13(17)9-4-3-7-14(8-9)12(16)10-5-6-11(21-10)15(18)19/h5-6,9H,2-4,7-8H2,1H3/t9-/m0/s1. The van der Waals surface area contributed by atoms with Crippen molar-refractivity contribution < 1.29 is 23.7 Å². The third-order valence-electron chi connectivity index (χ3n) is 3.31. The summed E-state index contributed by atoms with van der Waals surface area (Å²) in [5, 5.41) is 10.6. The molecule has 0 aromatic carbocycles. The second kappa shape index (κ2) is 6.38. The first-order valence-corrected chi connectivity index (χ1v) is 6.73. The summed E-state index contributed by atoms with van der Waals surface area (Å²) in [5.74, 6) is -1.69. The number of nitro groups is 1. The number of hydrogen-bond acceptors (Lipinski definition) is 6. The fourth-order valence-corrected chi connectivity index (χ4v) is 2.31. The number of furan rings is 1. The van der Waals surface area contributed by atoms with Crippen molar-refractivity contribution in [3.8, 4) is 0 Å². The molecule has 1 atom stereocenters. The van der Waals surface area contributed by atoms with E-state index in [1.807, 2.05) is 0 Å². The highest BCUT2D eigenvalue weighted by molar-refractivity contribution is 5.92. The fourth-order valence-electron chi connectivity index (χ4n) is 2.31. The van der Waals surface area contributed by atoms with E-state index in [2.05, 4.69) is 0 Å². The maximum Gasteiger partial charge on any atom is 0.433 e. The SMILES string of the molecule is CCOC(=O)[C@H]1CCCN(C(=O)c2ccc([N+](=O)[O-])o2)C1. The van der Waals surface area contributed by atoms with Crippen LogP contribution in [0.3, 0.4) is 0 Å². The van der Waals surface area contributed by atoms with E-state index in [9.17, 15) is 19.7 Å². The van der Waals surface area contributed by atoms with E-state index in [-0.39, 0.29) is 24.2 Å². The van der Waals surface area contributed by atoms with Gasteiger partial charge in [-0.25, -0.2) is 0 Å². The van der Waals surface area contributed by atoms with Crippen LogP contribution in [-0.2, 0) is 9.53 Å². The van der Waals surface area contributed by atoms with Gasteiger partial charge in [0.05, 0.1) is 18.6 Å². The number of carbonyl (C=O) groups is 2. The molecule has 1 amide bonds. The minimum atomic E-state index is -0.700. The summed E-state index contributed by atoms with van der Waals surface area (Å²) in [5.41, 5.74) is 0. The van der Waals surface area contributed by atoms with Crippen LogP contribution in [0.5, 0.6) is 0 Å². The molecule has 0 N–H and O–H groups in total. The van der Waals surface area contributed by atoms with E-state index in [1.54, 1.807) is 6.92 Å². The van der Waals surface area contributed by atoms with Crippen molar-refractivity contribution in [2.45, 2.75) is 19.8 Å². The molecule has 1 aromatic rings. The first-order chi connectivity index (χ1) is 10.0. The summed E-state index contributed by atoms with van der Waals surface area (Å²) in [7, 11) is 0. The Morgan fingerprint density at radius 1 is 1.52 bits per heavy atom. The largest absolute Gasteiger partial charge is 0.466 e. The lowest BCUT2D eigenvalue weighted by Crippen LogP contribution is -2.42. The number of carbonyl (C=O) groups excluding carboxylic acids is 2. The van der Waals surface area contributed by atoms with Crippen LogP contribution in [0.15, 0.2) is 16.5 Å². The van der Waals surface area contributed by atoms with Gasteiger partial charge in [-0.05, 0) is 25.8 Å².